The van der Waals surface area contributed by atoms with Crippen molar-refractivity contribution in [3.8, 4) is 0 Å². The van der Waals surface area contributed by atoms with Gasteiger partial charge in [0.2, 0.25) is 11.8 Å². The summed E-state index contributed by atoms with van der Waals surface area (Å²) in [6.07, 6.45) is 0.782. The third kappa shape index (κ3) is 4.88. The fourth-order valence-corrected chi connectivity index (χ4v) is 6.54. The number of ether oxygens (including phenoxy) is 1. The zero-order chi connectivity index (χ0) is 26.3. The molecule has 8 heteroatoms. The van der Waals surface area contributed by atoms with Crippen LogP contribution in [0.1, 0.15) is 36.8 Å². The Hall–Kier alpha value is -2.12. The van der Waals surface area contributed by atoms with Crippen LogP contribution in [-0.4, -0.2) is 39.3 Å². The van der Waals surface area contributed by atoms with Crippen molar-refractivity contribution in [1.82, 2.24) is 5.32 Å². The average molecular weight is 546 g/mol. The first-order valence-electron chi connectivity index (χ1n) is 12.4. The number of fused-ring (bicyclic) bond motifs is 2. The molecule has 1 N–H and O–H groups in total. The fraction of sp³-hybridized carbons (Fsp3) is 0.429. The highest BCUT2D eigenvalue weighted by Crippen LogP contribution is 2.56. The van der Waals surface area contributed by atoms with Crippen molar-refractivity contribution in [1.29, 1.82) is 0 Å². The van der Waals surface area contributed by atoms with Gasteiger partial charge in [0, 0.05) is 37.1 Å². The van der Waals surface area contributed by atoms with Crippen molar-refractivity contribution in [3.05, 3.63) is 75.8 Å². The maximum Gasteiger partial charge on any atom is 0.242 e. The molecule has 1 fully saturated rings. The highest BCUT2D eigenvalue weighted by molar-refractivity contribution is 6.76. The minimum absolute atomic E-state index is 0.113. The Morgan fingerprint density at radius 2 is 1.89 bits per heavy atom. The van der Waals surface area contributed by atoms with Gasteiger partial charge in [0.05, 0.1) is 11.7 Å². The number of anilines is 1. The minimum Gasteiger partial charge on any atom is -0.361 e. The lowest BCUT2D eigenvalue weighted by Crippen LogP contribution is -2.63. The quantitative estimate of drug-likeness (QED) is 0.233. The molecule has 2 aromatic carbocycles. The molecule has 0 aromatic heterocycles. The Morgan fingerprint density at radius 1 is 1.17 bits per heavy atom. The van der Waals surface area contributed by atoms with Crippen LogP contribution < -0.4 is 10.2 Å². The number of benzene rings is 2. The molecule has 192 valence electrons. The van der Waals surface area contributed by atoms with Gasteiger partial charge in [0.25, 0.3) is 0 Å². The van der Waals surface area contributed by atoms with E-state index < -0.39 is 25.4 Å². The molecule has 5 nitrogen and oxygen atoms in total. The molecule has 0 bridgehead atoms. The van der Waals surface area contributed by atoms with Gasteiger partial charge in [-0.05, 0) is 47.9 Å². The summed E-state index contributed by atoms with van der Waals surface area (Å²) in [4.78, 5) is 29.3. The molecule has 0 aliphatic carbocycles. The Bertz CT molecular complexity index is 1200. The lowest BCUT2D eigenvalue weighted by atomic mass is 9.59. The van der Waals surface area contributed by atoms with Crippen LogP contribution >= 0.6 is 23.2 Å². The van der Waals surface area contributed by atoms with Crippen LogP contribution in [0.4, 0.5) is 5.69 Å². The Balaban J connectivity index is 1.87. The zero-order valence-corrected chi connectivity index (χ0v) is 23.9. The number of hydrogen-bond acceptors (Lipinski definition) is 3. The molecule has 36 heavy (non-hydrogen) atoms. The Labute approximate surface area is 224 Å². The molecule has 2 amide bonds. The number of piperidine rings is 1. The van der Waals surface area contributed by atoms with E-state index in [-0.39, 0.29) is 25.0 Å². The van der Waals surface area contributed by atoms with Crippen LogP contribution in [0, 0.1) is 0 Å². The van der Waals surface area contributed by atoms with E-state index in [9.17, 15) is 9.59 Å². The van der Waals surface area contributed by atoms with E-state index in [1.54, 1.807) is 11.0 Å². The number of hydrogen-bond donors (Lipinski definition) is 1. The number of rotatable bonds is 8. The lowest BCUT2D eigenvalue weighted by molar-refractivity contribution is -0.132. The Kier molecular flexibility index (Phi) is 7.72. The maximum absolute atomic E-state index is 14.6. The monoisotopic (exact) mass is 544 g/mol. The minimum atomic E-state index is -1.29. The topological polar surface area (TPSA) is 58.6 Å². The van der Waals surface area contributed by atoms with E-state index in [1.807, 2.05) is 43.3 Å². The summed E-state index contributed by atoms with van der Waals surface area (Å²) in [5.41, 5.74) is 2.11. The molecule has 2 aliphatic rings. The number of amides is 2. The molecule has 1 saturated heterocycles. The second-order valence-corrected chi connectivity index (χ2v) is 17.4. The number of nitrogens with zero attached hydrogens (tertiary/aromatic N) is 1. The van der Waals surface area contributed by atoms with Crippen molar-refractivity contribution in [2.45, 2.75) is 62.8 Å². The van der Waals surface area contributed by atoms with Gasteiger partial charge in [0.1, 0.15) is 12.1 Å². The molecule has 2 aromatic rings. The summed E-state index contributed by atoms with van der Waals surface area (Å²) in [6, 6.07) is 13.4. The van der Waals surface area contributed by atoms with Crippen LogP contribution in [0.3, 0.4) is 0 Å². The van der Waals surface area contributed by atoms with Crippen LogP contribution in [0.25, 0.3) is 0 Å². The van der Waals surface area contributed by atoms with E-state index >= 15 is 0 Å². The van der Waals surface area contributed by atoms with E-state index in [2.05, 4.69) is 31.5 Å². The highest BCUT2D eigenvalue weighted by Gasteiger charge is 2.63. The van der Waals surface area contributed by atoms with Crippen molar-refractivity contribution in [2.75, 3.05) is 18.2 Å². The number of carbonyl (C=O) groups excluding carboxylic acids is 2. The molecule has 4 rings (SSSR count). The summed E-state index contributed by atoms with van der Waals surface area (Å²) in [7, 11) is -1.29. The van der Waals surface area contributed by atoms with Gasteiger partial charge in [-0.1, -0.05) is 80.1 Å². The molecule has 3 atom stereocenters. The van der Waals surface area contributed by atoms with Gasteiger partial charge in [0.15, 0.2) is 0 Å². The maximum atomic E-state index is 14.6. The zero-order valence-electron chi connectivity index (χ0n) is 21.4. The average Bonchev–Trinajstić information content (AvgIpc) is 3.04. The summed E-state index contributed by atoms with van der Waals surface area (Å²) in [5, 5.41) is 4.22. The second kappa shape index (κ2) is 10.3. The predicted octanol–water partition coefficient (Wildman–Crippen LogP) is 6.53. The number of carbonyl (C=O) groups is 2. The van der Waals surface area contributed by atoms with Crippen molar-refractivity contribution in [2.24, 2.45) is 0 Å². The highest BCUT2D eigenvalue weighted by atomic mass is 35.5. The lowest BCUT2D eigenvalue weighted by Gasteiger charge is -2.47. The van der Waals surface area contributed by atoms with Gasteiger partial charge in [-0.2, -0.15) is 0 Å². The fourth-order valence-electron chi connectivity index (χ4n) is 5.42. The third-order valence-electron chi connectivity index (χ3n) is 7.33. The third-order valence-corrected chi connectivity index (χ3v) is 9.50. The van der Waals surface area contributed by atoms with Gasteiger partial charge in [-0.25, -0.2) is 0 Å². The first-order chi connectivity index (χ1) is 17.0. The van der Waals surface area contributed by atoms with E-state index in [0.717, 1.165) is 28.4 Å². The molecule has 2 heterocycles. The van der Waals surface area contributed by atoms with Crippen LogP contribution in [0.2, 0.25) is 35.7 Å². The van der Waals surface area contributed by atoms with Crippen molar-refractivity contribution in [3.63, 3.8) is 0 Å². The molecule has 2 aliphatic heterocycles. The molecule has 1 spiro atoms. The van der Waals surface area contributed by atoms with Gasteiger partial charge in [-0.15, -0.1) is 0 Å². The molecule has 0 radical (unpaired) electrons. The second-order valence-electron chi connectivity index (χ2n) is 10.9. The van der Waals surface area contributed by atoms with E-state index in [4.69, 9.17) is 27.9 Å². The van der Waals surface area contributed by atoms with E-state index in [0.29, 0.717) is 23.1 Å². The van der Waals surface area contributed by atoms with Crippen LogP contribution in [0.15, 0.2) is 54.6 Å². The van der Waals surface area contributed by atoms with Crippen LogP contribution in [-0.2, 0) is 19.7 Å². The molecule has 0 unspecified atom stereocenters. The standard InChI is InChI=1S/C28H34Cl2N2O3Si/c1-6-18(2)26-28(23(16-25(33)31-26)19-8-7-9-20(29)14-19)22-11-10-21(30)15-24(22)32(27(28)34)17-35-12-13-36(3,4)5/h7-11,14-15,23,26H,2,6,12-13,16-17H2,1,3-5H3,(H,31,33)/t23-,26+,28-/m0/s1. The molecular formula is C28H34Cl2N2O3Si. The summed E-state index contributed by atoms with van der Waals surface area (Å²) in [5.74, 6) is -0.659. The van der Waals surface area contributed by atoms with Crippen molar-refractivity contribution < 1.29 is 14.3 Å². The number of halogens is 2. The first-order valence-corrected chi connectivity index (χ1v) is 16.9. The Morgan fingerprint density at radius 3 is 2.56 bits per heavy atom. The summed E-state index contributed by atoms with van der Waals surface area (Å²) >= 11 is 12.8. The van der Waals surface area contributed by atoms with Gasteiger partial charge >= 0.3 is 0 Å². The first kappa shape index (κ1) is 26.9. The van der Waals surface area contributed by atoms with Crippen LogP contribution in [0.5, 0.6) is 0 Å². The number of nitrogens with one attached hydrogen (secondary N) is 1. The normalized spacial score (nSPS) is 23.7. The SMILES string of the molecule is C=C(CC)[C@H]1NC(=O)C[C@@H](c2cccc(Cl)c2)[C@]12C(=O)N(COCC[Si](C)(C)C)c1cc(Cl)ccc12. The largest absolute Gasteiger partial charge is 0.361 e. The van der Waals surface area contributed by atoms with Crippen molar-refractivity contribution >= 4 is 48.8 Å². The predicted molar refractivity (Wildman–Crippen MR) is 150 cm³/mol. The van der Waals surface area contributed by atoms with E-state index in [1.165, 1.54) is 0 Å². The summed E-state index contributed by atoms with van der Waals surface area (Å²) < 4.78 is 6.06. The smallest absolute Gasteiger partial charge is 0.242 e. The van der Waals surface area contributed by atoms with Gasteiger partial charge in [-0.3, -0.25) is 14.5 Å². The molecular weight excluding hydrogens is 511 g/mol. The summed E-state index contributed by atoms with van der Waals surface area (Å²) in [6.45, 7) is 13.9. The molecule has 0 saturated carbocycles. The van der Waals surface area contributed by atoms with Gasteiger partial charge < -0.3 is 10.1 Å².